The highest BCUT2D eigenvalue weighted by Crippen LogP contribution is 2.38. The van der Waals surface area contributed by atoms with Crippen LogP contribution in [0.2, 0.25) is 0 Å². The molecule has 0 fully saturated rings. The number of fused-ring (bicyclic) bond motifs is 6. The number of hydrogen-bond acceptors (Lipinski definition) is 6. The molecule has 3 aliphatic heterocycles. The second-order valence-electron chi connectivity index (χ2n) is 6.76. The molecule has 0 spiro atoms. The number of aromatic nitrogens is 2. The van der Waals surface area contributed by atoms with E-state index >= 15 is 0 Å². The van der Waals surface area contributed by atoms with Crippen molar-refractivity contribution in [2.45, 2.75) is 19.6 Å². The molecule has 1 aromatic carbocycles. The van der Waals surface area contributed by atoms with E-state index in [1.165, 1.54) is 12.5 Å². The van der Waals surface area contributed by atoms with E-state index in [1.807, 2.05) is 24.3 Å². The molecule has 0 amide bonds. The fourth-order valence-electron chi connectivity index (χ4n) is 3.89. The number of carbonyl (C=O) groups excluding carboxylic acids is 1. The predicted octanol–water partition coefficient (Wildman–Crippen LogP) is 2.27. The van der Waals surface area contributed by atoms with E-state index < -0.39 is 0 Å². The number of ether oxygens (including phenoxy) is 3. The molecule has 0 N–H and O–H groups in total. The second kappa shape index (κ2) is 4.97. The summed E-state index contributed by atoms with van der Waals surface area (Å²) in [5.74, 6) is 0.917. The lowest BCUT2D eigenvalue weighted by Gasteiger charge is -2.17. The standard InChI is InChI=1S/C20H12N2O5/c23-18-6-10-4-15-19-12(8-22(15)20(24)13(10)9-27-18)3-11-5-16-17(7-14(11)21-19)26-2-1-25-16/h1-5,7H,6,8-9H2. The van der Waals surface area contributed by atoms with E-state index in [1.54, 1.807) is 4.57 Å². The van der Waals surface area contributed by atoms with Crippen molar-refractivity contribution in [2.24, 2.45) is 0 Å². The van der Waals surface area contributed by atoms with Crippen molar-refractivity contribution in [3.63, 3.8) is 0 Å². The number of hydrogen-bond donors (Lipinski definition) is 0. The molecule has 0 bridgehead atoms. The zero-order valence-electron chi connectivity index (χ0n) is 14.0. The van der Waals surface area contributed by atoms with Crippen molar-refractivity contribution in [1.29, 1.82) is 0 Å². The van der Waals surface area contributed by atoms with Gasteiger partial charge in [-0.25, -0.2) is 4.98 Å². The van der Waals surface area contributed by atoms with E-state index in [-0.39, 0.29) is 24.6 Å². The minimum Gasteiger partial charge on any atom is -0.460 e. The van der Waals surface area contributed by atoms with Crippen LogP contribution in [0.4, 0.5) is 0 Å². The van der Waals surface area contributed by atoms with Gasteiger partial charge in [-0.2, -0.15) is 0 Å². The Kier molecular flexibility index (Phi) is 2.68. The fraction of sp³-hybridized carbons (Fsp3) is 0.150. The van der Waals surface area contributed by atoms with Gasteiger partial charge in [-0.1, -0.05) is 0 Å². The summed E-state index contributed by atoms with van der Waals surface area (Å²) in [6.45, 7) is 0.482. The first kappa shape index (κ1) is 14.5. The highest BCUT2D eigenvalue weighted by atomic mass is 16.5. The Bertz CT molecular complexity index is 1270. The number of benzene rings is 1. The number of cyclic esters (lactones) is 1. The van der Waals surface area contributed by atoms with E-state index in [4.69, 9.17) is 19.2 Å². The number of rotatable bonds is 0. The van der Waals surface area contributed by atoms with Gasteiger partial charge >= 0.3 is 5.97 Å². The van der Waals surface area contributed by atoms with Crippen molar-refractivity contribution in [3.05, 3.63) is 63.8 Å². The molecule has 6 rings (SSSR count). The molecule has 0 radical (unpaired) electrons. The minimum atomic E-state index is -0.312. The Morgan fingerprint density at radius 1 is 0.963 bits per heavy atom. The molecule has 7 heteroatoms. The SMILES string of the molecule is O=C1Cc2cc3n(c(=O)c2CO1)Cc1cc2cc4c(cc2nc1-3)OC=CO4. The van der Waals surface area contributed by atoms with Gasteiger partial charge in [-0.05, 0) is 23.8 Å². The molecule has 0 saturated carbocycles. The highest BCUT2D eigenvalue weighted by Gasteiger charge is 2.28. The summed E-state index contributed by atoms with van der Waals surface area (Å²) in [4.78, 5) is 29.3. The van der Waals surface area contributed by atoms with Gasteiger partial charge in [0.1, 0.15) is 19.1 Å². The molecule has 0 unspecified atom stereocenters. The van der Waals surface area contributed by atoms with Crippen LogP contribution in [0.5, 0.6) is 11.5 Å². The third-order valence-electron chi connectivity index (χ3n) is 5.18. The monoisotopic (exact) mass is 360 g/mol. The van der Waals surface area contributed by atoms with Crippen molar-refractivity contribution >= 4 is 16.9 Å². The first-order valence-electron chi connectivity index (χ1n) is 8.55. The maximum absolute atomic E-state index is 12.9. The molecule has 2 aromatic heterocycles. The fourth-order valence-corrected chi connectivity index (χ4v) is 3.89. The third kappa shape index (κ3) is 1.99. The van der Waals surface area contributed by atoms with E-state index in [0.29, 0.717) is 23.6 Å². The van der Waals surface area contributed by atoms with Gasteiger partial charge in [0.2, 0.25) is 0 Å². The predicted molar refractivity (Wildman–Crippen MR) is 94.4 cm³/mol. The molecule has 3 aromatic rings. The summed E-state index contributed by atoms with van der Waals surface area (Å²) in [5, 5.41) is 0.913. The molecule has 27 heavy (non-hydrogen) atoms. The summed E-state index contributed by atoms with van der Waals surface area (Å²) in [6, 6.07) is 7.62. The van der Waals surface area contributed by atoms with Gasteiger partial charge in [0.05, 0.1) is 35.4 Å². The summed E-state index contributed by atoms with van der Waals surface area (Å²) in [6.07, 6.45) is 3.08. The number of carbonyl (C=O) groups is 1. The smallest absolute Gasteiger partial charge is 0.310 e. The van der Waals surface area contributed by atoms with Crippen molar-refractivity contribution in [2.75, 3.05) is 0 Å². The Morgan fingerprint density at radius 3 is 2.63 bits per heavy atom. The Balaban J connectivity index is 1.57. The van der Waals surface area contributed by atoms with Crippen LogP contribution in [0.15, 0.2) is 41.6 Å². The first-order valence-corrected chi connectivity index (χ1v) is 8.55. The third-order valence-corrected chi connectivity index (χ3v) is 5.18. The lowest BCUT2D eigenvalue weighted by molar-refractivity contribution is -0.145. The molecule has 5 heterocycles. The van der Waals surface area contributed by atoms with Crippen molar-refractivity contribution in [1.82, 2.24) is 9.55 Å². The largest absolute Gasteiger partial charge is 0.460 e. The number of esters is 1. The van der Waals surface area contributed by atoms with Gasteiger partial charge in [0.15, 0.2) is 11.5 Å². The molecule has 0 atom stereocenters. The Hall–Kier alpha value is -3.61. The van der Waals surface area contributed by atoms with E-state index in [2.05, 4.69) is 0 Å². The second-order valence-corrected chi connectivity index (χ2v) is 6.76. The van der Waals surface area contributed by atoms with E-state index in [9.17, 15) is 9.59 Å². The highest BCUT2D eigenvalue weighted by molar-refractivity contribution is 5.87. The zero-order chi connectivity index (χ0) is 18.1. The van der Waals surface area contributed by atoms with Gasteiger partial charge in [-0.15, -0.1) is 0 Å². The average molecular weight is 360 g/mol. The van der Waals surface area contributed by atoms with Gasteiger partial charge < -0.3 is 18.8 Å². The molecule has 0 saturated heterocycles. The van der Waals surface area contributed by atoms with Crippen LogP contribution in [0.3, 0.4) is 0 Å². The maximum Gasteiger partial charge on any atom is 0.310 e. The first-order chi connectivity index (χ1) is 13.2. The van der Waals surface area contributed by atoms with Crippen LogP contribution in [0, 0.1) is 0 Å². The van der Waals surface area contributed by atoms with Crippen LogP contribution in [-0.4, -0.2) is 15.5 Å². The molecular formula is C20H12N2O5. The van der Waals surface area contributed by atoms with E-state index in [0.717, 1.165) is 33.4 Å². The maximum atomic E-state index is 12.9. The van der Waals surface area contributed by atoms with Crippen molar-refractivity contribution in [3.8, 4) is 22.9 Å². The summed E-state index contributed by atoms with van der Waals surface area (Å²) in [5.41, 5.74) is 4.37. The average Bonchev–Trinajstić information content (AvgIpc) is 3.02. The summed E-state index contributed by atoms with van der Waals surface area (Å²) < 4.78 is 17.7. The molecule has 7 nitrogen and oxygen atoms in total. The molecule has 132 valence electrons. The minimum absolute atomic E-state index is 0.0351. The van der Waals surface area contributed by atoms with Crippen LogP contribution in [0.1, 0.15) is 16.7 Å². The Morgan fingerprint density at radius 2 is 1.78 bits per heavy atom. The summed E-state index contributed by atoms with van der Waals surface area (Å²) >= 11 is 0. The van der Waals surface area contributed by atoms with Gasteiger partial charge in [0.25, 0.3) is 5.56 Å². The molecule has 3 aliphatic rings. The molecule has 0 aliphatic carbocycles. The molecular weight excluding hydrogens is 348 g/mol. The van der Waals surface area contributed by atoms with Gasteiger partial charge in [0, 0.05) is 17.0 Å². The van der Waals surface area contributed by atoms with Crippen LogP contribution in [0.25, 0.3) is 22.3 Å². The van der Waals surface area contributed by atoms with Crippen molar-refractivity contribution < 1.29 is 19.0 Å². The Labute approximate surface area is 152 Å². The topological polar surface area (TPSA) is 79.7 Å². The van der Waals surface area contributed by atoms with Crippen LogP contribution in [-0.2, 0) is 29.1 Å². The summed E-state index contributed by atoms with van der Waals surface area (Å²) in [7, 11) is 0. The van der Waals surface area contributed by atoms with Crippen LogP contribution < -0.4 is 15.0 Å². The van der Waals surface area contributed by atoms with Gasteiger partial charge in [-0.3, -0.25) is 9.59 Å². The zero-order valence-corrected chi connectivity index (χ0v) is 14.0. The quantitative estimate of drug-likeness (QED) is 0.448. The van der Waals surface area contributed by atoms with Crippen LogP contribution >= 0.6 is 0 Å². The lowest BCUT2D eigenvalue weighted by atomic mass is 10.0. The normalized spacial score (nSPS) is 15.9. The number of nitrogens with zero attached hydrogens (tertiary/aromatic N) is 2. The lowest BCUT2D eigenvalue weighted by Crippen LogP contribution is -2.29. The number of pyridine rings is 2.